The second-order valence-electron chi connectivity index (χ2n) is 9.41. The molecule has 4 rings (SSSR count). The molecule has 0 unspecified atom stereocenters. The van der Waals surface area contributed by atoms with Gasteiger partial charge in [0.15, 0.2) is 0 Å². The summed E-state index contributed by atoms with van der Waals surface area (Å²) < 4.78 is 28.4. The fourth-order valence-corrected chi connectivity index (χ4v) is 6.87. The fourth-order valence-electron chi connectivity index (χ4n) is 5.15. The highest BCUT2D eigenvalue weighted by atomic mass is 35.5. The summed E-state index contributed by atoms with van der Waals surface area (Å²) in [5.74, 6) is -0.180. The van der Waals surface area contributed by atoms with Gasteiger partial charge in [0.1, 0.15) is 12.6 Å². The van der Waals surface area contributed by atoms with Gasteiger partial charge >= 0.3 is 0 Å². The summed E-state index contributed by atoms with van der Waals surface area (Å²) in [5.41, 5.74) is 0. The van der Waals surface area contributed by atoms with E-state index in [1.807, 2.05) is 11.0 Å². The minimum Gasteiger partial charge on any atom is -0.338 e. The van der Waals surface area contributed by atoms with Crippen molar-refractivity contribution in [2.24, 2.45) is 0 Å². The molecule has 2 aliphatic rings. The van der Waals surface area contributed by atoms with Crippen molar-refractivity contribution in [1.29, 1.82) is 5.26 Å². The Morgan fingerprint density at radius 2 is 1.76 bits per heavy atom. The smallest absolute Gasteiger partial charge is 0.244 e. The molecule has 182 valence electrons. The van der Waals surface area contributed by atoms with Crippen LogP contribution in [0.1, 0.15) is 39.5 Å². The Kier molecular flexibility index (Phi) is 7.48. The van der Waals surface area contributed by atoms with Crippen LogP contribution in [0.3, 0.4) is 0 Å². The Morgan fingerprint density at radius 1 is 1.09 bits per heavy atom. The summed E-state index contributed by atoms with van der Waals surface area (Å²) in [4.78, 5) is 17.9. The first kappa shape index (κ1) is 24.9. The second kappa shape index (κ2) is 10.2. The third-order valence-corrected chi connectivity index (χ3v) is 9.16. The molecule has 2 saturated heterocycles. The van der Waals surface area contributed by atoms with Crippen LogP contribution >= 0.6 is 11.6 Å². The van der Waals surface area contributed by atoms with Gasteiger partial charge in [0.05, 0.1) is 11.0 Å². The van der Waals surface area contributed by atoms with E-state index in [1.54, 1.807) is 30.3 Å². The number of hydrogen-bond acceptors (Lipinski definition) is 5. The van der Waals surface area contributed by atoms with Crippen LogP contribution in [0.25, 0.3) is 10.8 Å². The van der Waals surface area contributed by atoms with Gasteiger partial charge in [-0.2, -0.15) is 9.57 Å². The highest BCUT2D eigenvalue weighted by molar-refractivity contribution is 7.89. The van der Waals surface area contributed by atoms with Gasteiger partial charge in [0.25, 0.3) is 0 Å². The Labute approximate surface area is 206 Å². The average molecular weight is 503 g/mol. The zero-order valence-electron chi connectivity index (χ0n) is 19.7. The molecule has 0 radical (unpaired) electrons. The maximum absolute atomic E-state index is 13.6. The van der Waals surface area contributed by atoms with Gasteiger partial charge in [0, 0.05) is 36.7 Å². The molecule has 9 heteroatoms. The lowest BCUT2D eigenvalue weighted by Gasteiger charge is -2.44. The third kappa shape index (κ3) is 4.94. The predicted octanol–water partition coefficient (Wildman–Crippen LogP) is 3.87. The molecular weight excluding hydrogens is 472 g/mol. The van der Waals surface area contributed by atoms with Crippen molar-refractivity contribution in [3.05, 3.63) is 41.4 Å². The van der Waals surface area contributed by atoms with Crippen molar-refractivity contribution in [2.45, 2.75) is 62.6 Å². The molecule has 0 saturated carbocycles. The number of carbonyl (C=O) groups is 1. The molecule has 34 heavy (non-hydrogen) atoms. The summed E-state index contributed by atoms with van der Waals surface area (Å²) in [6.45, 7) is 6.48. The molecule has 2 aliphatic heterocycles. The van der Waals surface area contributed by atoms with Gasteiger partial charge in [-0.05, 0) is 74.6 Å². The second-order valence-corrected chi connectivity index (χ2v) is 11.7. The normalized spacial score (nSPS) is 20.9. The van der Waals surface area contributed by atoms with Crippen molar-refractivity contribution in [3.8, 4) is 6.07 Å². The van der Waals surface area contributed by atoms with Crippen molar-refractivity contribution in [3.63, 3.8) is 0 Å². The molecule has 0 bridgehead atoms. The molecular formula is C25H31ClN4O3S. The van der Waals surface area contributed by atoms with Gasteiger partial charge < -0.3 is 9.80 Å². The number of rotatable bonds is 6. The number of benzene rings is 2. The zero-order valence-corrected chi connectivity index (χ0v) is 21.2. The van der Waals surface area contributed by atoms with Gasteiger partial charge in [0.2, 0.25) is 15.9 Å². The number of fused-ring (bicyclic) bond motifs is 1. The average Bonchev–Trinajstić information content (AvgIpc) is 2.82. The largest absolute Gasteiger partial charge is 0.338 e. The van der Waals surface area contributed by atoms with Crippen LogP contribution in [0.15, 0.2) is 41.3 Å². The van der Waals surface area contributed by atoms with Crippen molar-refractivity contribution < 1.29 is 13.2 Å². The molecule has 1 amide bonds. The fraction of sp³-hybridized carbons (Fsp3) is 0.520. The van der Waals surface area contributed by atoms with E-state index in [2.05, 4.69) is 18.7 Å². The van der Waals surface area contributed by atoms with Crippen molar-refractivity contribution >= 4 is 38.3 Å². The maximum atomic E-state index is 13.6. The minimum atomic E-state index is -4.05. The Morgan fingerprint density at radius 3 is 2.44 bits per heavy atom. The monoisotopic (exact) mass is 502 g/mol. The molecule has 2 aromatic carbocycles. The Bertz CT molecular complexity index is 1200. The van der Waals surface area contributed by atoms with E-state index >= 15 is 0 Å². The molecule has 1 atom stereocenters. The van der Waals surface area contributed by atoms with E-state index < -0.39 is 16.1 Å². The Balaban J connectivity index is 1.59. The highest BCUT2D eigenvalue weighted by Crippen LogP contribution is 2.30. The van der Waals surface area contributed by atoms with E-state index in [0.29, 0.717) is 30.5 Å². The lowest BCUT2D eigenvalue weighted by molar-refractivity contribution is -0.141. The summed E-state index contributed by atoms with van der Waals surface area (Å²) in [7, 11) is -4.05. The van der Waals surface area contributed by atoms with Gasteiger partial charge in [-0.3, -0.25) is 4.79 Å². The number of nitrogens with zero attached hydrogens (tertiary/aromatic N) is 4. The van der Waals surface area contributed by atoms with E-state index in [0.717, 1.165) is 41.0 Å². The van der Waals surface area contributed by atoms with Crippen molar-refractivity contribution in [2.75, 3.05) is 26.2 Å². The van der Waals surface area contributed by atoms with Crippen molar-refractivity contribution in [1.82, 2.24) is 14.1 Å². The molecule has 2 heterocycles. The van der Waals surface area contributed by atoms with E-state index in [4.69, 9.17) is 11.6 Å². The first-order valence-corrected chi connectivity index (χ1v) is 13.7. The molecule has 0 aliphatic carbocycles. The van der Waals surface area contributed by atoms with Crippen LogP contribution in [0, 0.1) is 11.3 Å². The standard InChI is InChI=1S/C25H31ClN4O3S/c1-18(2)28-13-9-22(10-14-28)29-12-3-4-24(25(29)31)30(15-11-27)34(32,33)23-8-6-19-16-21(26)7-5-20(19)17-23/h5-8,16-18,22,24H,3-4,9-10,12-15H2,1-2H3/t24-/m0/s1. The number of nitriles is 1. The number of sulfonamides is 1. The van der Waals surface area contributed by atoms with Gasteiger partial charge in [-0.25, -0.2) is 8.42 Å². The maximum Gasteiger partial charge on any atom is 0.244 e. The summed E-state index contributed by atoms with van der Waals surface area (Å²) in [5, 5.41) is 11.6. The van der Waals surface area contributed by atoms with E-state index in [1.165, 1.54) is 6.07 Å². The molecule has 0 N–H and O–H groups in total. The number of likely N-dealkylation sites (tertiary alicyclic amines) is 2. The zero-order chi connectivity index (χ0) is 24.5. The molecule has 0 aromatic heterocycles. The van der Waals surface area contributed by atoms with Crippen LogP contribution < -0.4 is 0 Å². The molecule has 7 nitrogen and oxygen atoms in total. The van der Waals surface area contributed by atoms with Crippen LogP contribution in [0.2, 0.25) is 5.02 Å². The highest BCUT2D eigenvalue weighted by Gasteiger charge is 2.42. The SMILES string of the molecule is CC(C)N1CCC(N2CCC[C@H](N(CC#N)S(=O)(=O)c3ccc4cc(Cl)ccc4c3)C2=O)CC1. The van der Waals surface area contributed by atoms with Crippen LogP contribution in [-0.4, -0.2) is 72.7 Å². The quantitative estimate of drug-likeness (QED) is 0.560. The molecule has 2 fully saturated rings. The first-order valence-electron chi connectivity index (χ1n) is 11.8. The van der Waals surface area contributed by atoms with Crippen LogP contribution in [0.4, 0.5) is 0 Å². The molecule has 2 aromatic rings. The lowest BCUT2D eigenvalue weighted by atomic mass is 9.96. The number of amides is 1. The molecule has 0 spiro atoms. The van der Waals surface area contributed by atoms with Gasteiger partial charge in [-0.15, -0.1) is 0 Å². The number of hydrogen-bond donors (Lipinski definition) is 0. The predicted molar refractivity (Wildman–Crippen MR) is 133 cm³/mol. The topological polar surface area (TPSA) is 84.7 Å². The Hall–Kier alpha value is -2.18. The summed E-state index contributed by atoms with van der Waals surface area (Å²) in [6.07, 6.45) is 2.91. The van der Waals surface area contributed by atoms with E-state index in [-0.39, 0.29) is 23.4 Å². The minimum absolute atomic E-state index is 0.0766. The lowest BCUT2D eigenvalue weighted by Crippen LogP contribution is -2.58. The van der Waals surface area contributed by atoms with Crippen LogP contribution in [-0.2, 0) is 14.8 Å². The van der Waals surface area contributed by atoms with Crippen LogP contribution in [0.5, 0.6) is 0 Å². The number of halogens is 1. The number of piperidine rings is 2. The summed E-state index contributed by atoms with van der Waals surface area (Å²) in [6, 6.07) is 11.7. The number of carbonyl (C=O) groups excluding carboxylic acids is 1. The third-order valence-electron chi connectivity index (χ3n) is 7.07. The summed E-state index contributed by atoms with van der Waals surface area (Å²) >= 11 is 6.05. The van der Waals surface area contributed by atoms with E-state index in [9.17, 15) is 18.5 Å². The first-order chi connectivity index (χ1) is 16.2. The van der Waals surface area contributed by atoms with Gasteiger partial charge in [-0.1, -0.05) is 23.7 Å².